The molecule has 2 rings (SSSR count). The molecule has 2 aliphatic rings. The van der Waals surface area contributed by atoms with Gasteiger partial charge in [-0.2, -0.15) is 0 Å². The molecule has 0 bridgehead atoms. The van der Waals surface area contributed by atoms with Crippen molar-refractivity contribution in [1.29, 1.82) is 0 Å². The number of likely N-dealkylation sites (tertiary alicyclic amines) is 1. The Morgan fingerprint density at radius 2 is 2.07 bits per heavy atom. The summed E-state index contributed by atoms with van der Waals surface area (Å²) in [6, 6.07) is 0.124. The van der Waals surface area contributed by atoms with Gasteiger partial charge in [-0.3, -0.25) is 9.69 Å². The lowest BCUT2D eigenvalue weighted by Crippen LogP contribution is -2.50. The molecule has 1 aliphatic carbocycles. The number of hydrogen-bond acceptors (Lipinski definition) is 2. The molecule has 1 aliphatic heterocycles. The summed E-state index contributed by atoms with van der Waals surface area (Å²) in [6.07, 6.45) is 4.58. The molecule has 0 aromatic carbocycles. The summed E-state index contributed by atoms with van der Waals surface area (Å²) in [6.45, 7) is 5.14. The van der Waals surface area contributed by atoms with Crippen LogP contribution in [-0.4, -0.2) is 34.6 Å². The minimum Gasteiger partial charge on any atom is -0.480 e. The number of aliphatic carboxylic acids is 1. The van der Waals surface area contributed by atoms with E-state index in [-0.39, 0.29) is 6.04 Å². The van der Waals surface area contributed by atoms with Crippen molar-refractivity contribution < 1.29 is 9.90 Å². The molecule has 3 heteroatoms. The van der Waals surface area contributed by atoms with Crippen LogP contribution in [0.5, 0.6) is 0 Å². The van der Waals surface area contributed by atoms with Crippen molar-refractivity contribution in [2.24, 2.45) is 5.41 Å². The lowest BCUT2D eigenvalue weighted by Gasteiger charge is -2.39. The molecule has 14 heavy (non-hydrogen) atoms. The summed E-state index contributed by atoms with van der Waals surface area (Å²) in [5.41, 5.74) is 0.425. The standard InChI is InChI=1S/C11H19NO2/c1-8(2)12-6-5-11(3-4-11)7-9(12)10(13)14/h8-9H,3-7H2,1-2H3,(H,13,14)/t9-/m0/s1. The van der Waals surface area contributed by atoms with Crippen LogP contribution in [0.4, 0.5) is 0 Å². The third-order valence-electron chi connectivity index (χ3n) is 3.83. The van der Waals surface area contributed by atoms with Crippen molar-refractivity contribution >= 4 is 5.97 Å². The van der Waals surface area contributed by atoms with Gasteiger partial charge in [-0.05, 0) is 51.5 Å². The fourth-order valence-electron chi connectivity index (χ4n) is 2.63. The van der Waals surface area contributed by atoms with Gasteiger partial charge in [0.1, 0.15) is 6.04 Å². The highest BCUT2D eigenvalue weighted by molar-refractivity contribution is 5.73. The Labute approximate surface area is 85.1 Å². The lowest BCUT2D eigenvalue weighted by molar-refractivity contribution is -0.146. The largest absolute Gasteiger partial charge is 0.480 e. The van der Waals surface area contributed by atoms with Crippen LogP contribution >= 0.6 is 0 Å². The van der Waals surface area contributed by atoms with Gasteiger partial charge >= 0.3 is 5.97 Å². The van der Waals surface area contributed by atoms with Crippen LogP contribution in [0.15, 0.2) is 0 Å². The van der Waals surface area contributed by atoms with E-state index in [1.165, 1.54) is 19.3 Å². The minimum absolute atomic E-state index is 0.230. The second-order valence-electron chi connectivity index (χ2n) is 5.14. The van der Waals surface area contributed by atoms with Gasteiger partial charge in [-0.15, -0.1) is 0 Å². The molecular formula is C11H19NO2. The normalized spacial score (nSPS) is 30.9. The van der Waals surface area contributed by atoms with Crippen molar-refractivity contribution in [1.82, 2.24) is 4.90 Å². The van der Waals surface area contributed by atoms with Crippen molar-refractivity contribution in [3.8, 4) is 0 Å². The van der Waals surface area contributed by atoms with Gasteiger partial charge in [0.2, 0.25) is 0 Å². The van der Waals surface area contributed by atoms with Crippen molar-refractivity contribution in [3.05, 3.63) is 0 Å². The van der Waals surface area contributed by atoms with E-state index in [0.717, 1.165) is 13.0 Å². The zero-order valence-corrected chi connectivity index (χ0v) is 8.99. The predicted octanol–water partition coefficient (Wildman–Crippen LogP) is 1.72. The maximum absolute atomic E-state index is 11.1. The fraction of sp³-hybridized carbons (Fsp3) is 0.909. The highest BCUT2D eigenvalue weighted by Crippen LogP contribution is 2.55. The van der Waals surface area contributed by atoms with Crippen LogP contribution in [0.1, 0.15) is 39.5 Å². The minimum atomic E-state index is -0.635. The van der Waals surface area contributed by atoms with Crippen LogP contribution < -0.4 is 0 Å². The van der Waals surface area contributed by atoms with E-state index in [4.69, 9.17) is 0 Å². The van der Waals surface area contributed by atoms with Gasteiger partial charge in [0, 0.05) is 6.04 Å². The Kier molecular flexibility index (Phi) is 2.30. The Bertz CT molecular complexity index is 246. The summed E-state index contributed by atoms with van der Waals surface area (Å²) in [5, 5.41) is 9.18. The van der Waals surface area contributed by atoms with E-state index in [9.17, 15) is 9.90 Å². The molecule has 1 atom stereocenters. The van der Waals surface area contributed by atoms with Crippen LogP contribution in [0.3, 0.4) is 0 Å². The van der Waals surface area contributed by atoms with E-state index in [1.54, 1.807) is 0 Å². The summed E-state index contributed by atoms with van der Waals surface area (Å²) in [5.74, 6) is -0.635. The summed E-state index contributed by atoms with van der Waals surface area (Å²) < 4.78 is 0. The van der Waals surface area contributed by atoms with Gasteiger partial charge < -0.3 is 5.11 Å². The summed E-state index contributed by atoms with van der Waals surface area (Å²) in [7, 11) is 0. The Morgan fingerprint density at radius 3 is 2.50 bits per heavy atom. The second-order valence-corrected chi connectivity index (χ2v) is 5.14. The van der Waals surface area contributed by atoms with Gasteiger partial charge in [0.25, 0.3) is 0 Å². The number of rotatable bonds is 2. The monoisotopic (exact) mass is 197 g/mol. The van der Waals surface area contributed by atoms with Crippen LogP contribution in [0.25, 0.3) is 0 Å². The number of carbonyl (C=O) groups is 1. The van der Waals surface area contributed by atoms with Gasteiger partial charge in [-0.25, -0.2) is 0 Å². The van der Waals surface area contributed by atoms with Gasteiger partial charge in [0.05, 0.1) is 0 Å². The third kappa shape index (κ3) is 1.65. The average molecular weight is 197 g/mol. The van der Waals surface area contributed by atoms with Crippen molar-refractivity contribution in [2.75, 3.05) is 6.54 Å². The zero-order valence-electron chi connectivity index (χ0n) is 8.99. The first-order chi connectivity index (χ1) is 6.54. The number of hydrogen-bond donors (Lipinski definition) is 1. The van der Waals surface area contributed by atoms with Gasteiger partial charge in [-0.1, -0.05) is 0 Å². The average Bonchev–Trinajstić information content (AvgIpc) is 2.84. The maximum Gasteiger partial charge on any atom is 0.320 e. The molecular weight excluding hydrogens is 178 g/mol. The molecule has 1 heterocycles. The van der Waals surface area contributed by atoms with E-state index in [0.29, 0.717) is 11.5 Å². The zero-order chi connectivity index (χ0) is 10.3. The number of piperidine rings is 1. The Hall–Kier alpha value is -0.570. The van der Waals surface area contributed by atoms with E-state index in [1.807, 2.05) is 0 Å². The molecule has 0 unspecified atom stereocenters. The summed E-state index contributed by atoms with van der Waals surface area (Å²) in [4.78, 5) is 13.3. The molecule has 0 aromatic heterocycles. The lowest BCUT2D eigenvalue weighted by atomic mass is 9.87. The predicted molar refractivity (Wildman–Crippen MR) is 54.2 cm³/mol. The number of nitrogens with zero attached hydrogens (tertiary/aromatic N) is 1. The first kappa shape index (κ1) is 9.97. The first-order valence-corrected chi connectivity index (χ1v) is 5.53. The fourth-order valence-corrected chi connectivity index (χ4v) is 2.63. The highest BCUT2D eigenvalue weighted by Gasteiger charge is 2.50. The number of carboxylic acid groups (broad SMARTS) is 1. The van der Waals surface area contributed by atoms with Crippen LogP contribution in [-0.2, 0) is 4.79 Å². The molecule has 0 amide bonds. The molecule has 2 fully saturated rings. The Morgan fingerprint density at radius 1 is 1.43 bits per heavy atom. The van der Waals surface area contributed by atoms with Crippen LogP contribution in [0, 0.1) is 5.41 Å². The smallest absolute Gasteiger partial charge is 0.320 e. The molecule has 1 spiro atoms. The molecule has 1 N–H and O–H groups in total. The molecule has 1 saturated heterocycles. The molecule has 80 valence electrons. The van der Waals surface area contributed by atoms with E-state index >= 15 is 0 Å². The Balaban J connectivity index is 2.08. The van der Waals surface area contributed by atoms with E-state index < -0.39 is 5.97 Å². The topological polar surface area (TPSA) is 40.5 Å². The first-order valence-electron chi connectivity index (χ1n) is 5.53. The SMILES string of the molecule is CC(C)N1CCC2(CC2)C[C@H]1C(=O)O. The highest BCUT2D eigenvalue weighted by atomic mass is 16.4. The maximum atomic E-state index is 11.1. The number of carboxylic acids is 1. The molecule has 3 nitrogen and oxygen atoms in total. The second kappa shape index (κ2) is 3.23. The third-order valence-corrected chi connectivity index (χ3v) is 3.83. The van der Waals surface area contributed by atoms with Crippen molar-refractivity contribution in [3.63, 3.8) is 0 Å². The molecule has 0 aromatic rings. The van der Waals surface area contributed by atoms with Crippen molar-refractivity contribution in [2.45, 2.75) is 51.6 Å². The molecule has 1 saturated carbocycles. The summed E-state index contributed by atoms with van der Waals surface area (Å²) >= 11 is 0. The van der Waals surface area contributed by atoms with Gasteiger partial charge in [0.15, 0.2) is 0 Å². The van der Waals surface area contributed by atoms with Crippen LogP contribution in [0.2, 0.25) is 0 Å². The van der Waals surface area contributed by atoms with E-state index in [2.05, 4.69) is 18.7 Å². The quantitative estimate of drug-likeness (QED) is 0.732. The molecule has 0 radical (unpaired) electrons.